The number of carbonyl (C=O) groups is 1. The second kappa shape index (κ2) is 6.48. The van der Waals surface area contributed by atoms with Crippen molar-refractivity contribution in [2.75, 3.05) is 19.6 Å². The van der Waals surface area contributed by atoms with Crippen molar-refractivity contribution in [1.29, 1.82) is 0 Å². The first-order valence-electron chi connectivity index (χ1n) is 7.03. The van der Waals surface area contributed by atoms with Gasteiger partial charge in [-0.15, -0.1) is 11.3 Å². The summed E-state index contributed by atoms with van der Waals surface area (Å²) in [7, 11) is 0. The van der Waals surface area contributed by atoms with Crippen molar-refractivity contribution >= 4 is 17.3 Å². The molecule has 0 amide bonds. The Morgan fingerprint density at radius 1 is 1.37 bits per heavy atom. The third kappa shape index (κ3) is 3.76. The molecule has 5 heteroatoms. The summed E-state index contributed by atoms with van der Waals surface area (Å²) in [6, 6.07) is 0. The Balaban J connectivity index is 2.00. The molecule has 0 spiro atoms. The van der Waals surface area contributed by atoms with Gasteiger partial charge in [0, 0.05) is 13.0 Å². The number of aromatic nitrogens is 1. The second-order valence-corrected chi connectivity index (χ2v) is 6.52. The van der Waals surface area contributed by atoms with E-state index in [1.54, 1.807) is 0 Å². The van der Waals surface area contributed by atoms with Crippen LogP contribution in [-0.4, -0.2) is 40.6 Å². The Morgan fingerprint density at radius 2 is 2.05 bits per heavy atom. The summed E-state index contributed by atoms with van der Waals surface area (Å²) in [5.41, 5.74) is 0.742. The van der Waals surface area contributed by atoms with Gasteiger partial charge in [-0.2, -0.15) is 0 Å². The van der Waals surface area contributed by atoms with E-state index >= 15 is 0 Å². The maximum absolute atomic E-state index is 11.2. The summed E-state index contributed by atoms with van der Waals surface area (Å²) in [6.07, 6.45) is 4.79. The molecule has 1 N–H and O–H groups in total. The number of carboxylic acids is 1. The molecule has 4 nitrogen and oxygen atoms in total. The lowest BCUT2D eigenvalue weighted by molar-refractivity contribution is 0.0700. The van der Waals surface area contributed by atoms with Gasteiger partial charge in [-0.1, -0.05) is 20.3 Å². The molecular formula is C14H22N2O2S. The molecule has 1 aliphatic heterocycles. The first-order chi connectivity index (χ1) is 9.08. The fourth-order valence-electron chi connectivity index (χ4n) is 2.47. The molecule has 0 bridgehead atoms. The van der Waals surface area contributed by atoms with E-state index in [-0.39, 0.29) is 5.92 Å². The maximum Gasteiger partial charge on any atom is 0.347 e. The van der Waals surface area contributed by atoms with E-state index in [9.17, 15) is 9.90 Å². The van der Waals surface area contributed by atoms with E-state index in [1.165, 1.54) is 43.7 Å². The zero-order valence-electron chi connectivity index (χ0n) is 11.7. The Bertz CT molecular complexity index is 437. The van der Waals surface area contributed by atoms with E-state index in [4.69, 9.17) is 0 Å². The predicted octanol–water partition coefficient (Wildman–Crippen LogP) is 2.99. The number of piperidine rings is 1. The molecule has 0 radical (unpaired) electrons. The molecule has 0 unspecified atom stereocenters. The molecule has 1 aliphatic rings. The van der Waals surface area contributed by atoms with Crippen LogP contribution in [0.15, 0.2) is 0 Å². The van der Waals surface area contributed by atoms with E-state index in [0.717, 1.165) is 23.7 Å². The Labute approximate surface area is 118 Å². The summed E-state index contributed by atoms with van der Waals surface area (Å²) < 4.78 is 0. The van der Waals surface area contributed by atoms with Gasteiger partial charge in [0.05, 0.1) is 10.7 Å². The van der Waals surface area contributed by atoms with Crippen LogP contribution < -0.4 is 0 Å². The van der Waals surface area contributed by atoms with Gasteiger partial charge < -0.3 is 10.0 Å². The molecular weight excluding hydrogens is 260 g/mol. The highest BCUT2D eigenvalue weighted by Gasteiger charge is 2.20. The molecule has 106 valence electrons. The van der Waals surface area contributed by atoms with Gasteiger partial charge in [0.15, 0.2) is 0 Å². The summed E-state index contributed by atoms with van der Waals surface area (Å²) in [6.45, 7) is 7.35. The van der Waals surface area contributed by atoms with Gasteiger partial charge in [0.2, 0.25) is 0 Å². The van der Waals surface area contributed by atoms with E-state index in [2.05, 4.69) is 9.88 Å². The number of hydrogen-bond acceptors (Lipinski definition) is 4. The van der Waals surface area contributed by atoms with Crippen molar-refractivity contribution in [3.8, 4) is 0 Å². The van der Waals surface area contributed by atoms with Crippen LogP contribution in [-0.2, 0) is 6.42 Å². The molecule has 1 aromatic rings. The highest BCUT2D eigenvalue weighted by atomic mass is 32.1. The highest BCUT2D eigenvalue weighted by Crippen LogP contribution is 2.25. The quantitative estimate of drug-likeness (QED) is 0.902. The first-order valence-corrected chi connectivity index (χ1v) is 7.85. The van der Waals surface area contributed by atoms with Crippen molar-refractivity contribution in [2.24, 2.45) is 0 Å². The largest absolute Gasteiger partial charge is 0.477 e. The maximum atomic E-state index is 11.2. The fraction of sp³-hybridized carbons (Fsp3) is 0.714. The van der Waals surface area contributed by atoms with Crippen LogP contribution in [0, 0.1) is 0 Å². The molecule has 0 saturated carbocycles. The van der Waals surface area contributed by atoms with Gasteiger partial charge in [0.1, 0.15) is 4.88 Å². The molecule has 2 rings (SSSR count). The number of rotatable bonds is 5. The van der Waals surface area contributed by atoms with E-state index < -0.39 is 5.97 Å². The minimum absolute atomic E-state index is 0.172. The Hall–Kier alpha value is -0.940. The van der Waals surface area contributed by atoms with Crippen molar-refractivity contribution in [2.45, 2.75) is 45.4 Å². The minimum atomic E-state index is -0.842. The lowest BCUT2D eigenvalue weighted by Crippen LogP contribution is -2.31. The van der Waals surface area contributed by atoms with Crippen LogP contribution in [0.1, 0.15) is 59.4 Å². The van der Waals surface area contributed by atoms with E-state index in [0.29, 0.717) is 4.88 Å². The summed E-state index contributed by atoms with van der Waals surface area (Å²) in [5.74, 6) is -0.670. The van der Waals surface area contributed by atoms with Gasteiger partial charge in [0.25, 0.3) is 0 Å². The molecule has 0 aliphatic carbocycles. The topological polar surface area (TPSA) is 53.4 Å². The van der Waals surface area contributed by atoms with Crippen molar-refractivity contribution in [3.05, 3.63) is 15.6 Å². The molecule has 1 aromatic heterocycles. The normalized spacial score (nSPS) is 17.0. The van der Waals surface area contributed by atoms with Crippen LogP contribution in [0.3, 0.4) is 0 Å². The minimum Gasteiger partial charge on any atom is -0.477 e. The predicted molar refractivity (Wildman–Crippen MR) is 77.2 cm³/mol. The monoisotopic (exact) mass is 282 g/mol. The number of thiazole rings is 1. The molecule has 2 heterocycles. The van der Waals surface area contributed by atoms with Gasteiger partial charge >= 0.3 is 5.97 Å². The SMILES string of the molecule is CC(C)c1nc(CCN2CCCCC2)sc1C(=O)O. The van der Waals surface area contributed by atoms with Crippen LogP contribution in [0.25, 0.3) is 0 Å². The lowest BCUT2D eigenvalue weighted by atomic mass is 10.1. The van der Waals surface area contributed by atoms with Crippen LogP contribution in [0.5, 0.6) is 0 Å². The van der Waals surface area contributed by atoms with Gasteiger partial charge in [-0.3, -0.25) is 0 Å². The standard InChI is InChI=1S/C14H22N2O2S/c1-10(2)12-13(14(17)18)19-11(15-12)6-9-16-7-4-3-5-8-16/h10H,3-9H2,1-2H3,(H,17,18). The number of likely N-dealkylation sites (tertiary alicyclic amines) is 1. The van der Waals surface area contributed by atoms with Crippen molar-refractivity contribution in [1.82, 2.24) is 9.88 Å². The number of nitrogens with zero attached hydrogens (tertiary/aromatic N) is 2. The Morgan fingerprint density at radius 3 is 2.58 bits per heavy atom. The van der Waals surface area contributed by atoms with Gasteiger partial charge in [-0.25, -0.2) is 9.78 Å². The molecule has 0 atom stereocenters. The molecule has 1 fully saturated rings. The lowest BCUT2D eigenvalue weighted by Gasteiger charge is -2.25. The third-order valence-corrected chi connectivity index (χ3v) is 4.65. The number of carboxylic acid groups (broad SMARTS) is 1. The summed E-state index contributed by atoms with van der Waals surface area (Å²) in [4.78, 5) is 18.6. The average Bonchev–Trinajstić information content (AvgIpc) is 2.82. The zero-order chi connectivity index (χ0) is 13.8. The smallest absolute Gasteiger partial charge is 0.347 e. The molecule has 1 saturated heterocycles. The first kappa shape index (κ1) is 14.5. The summed E-state index contributed by atoms with van der Waals surface area (Å²) >= 11 is 1.35. The number of hydrogen-bond donors (Lipinski definition) is 1. The van der Waals surface area contributed by atoms with Crippen LogP contribution in [0.4, 0.5) is 0 Å². The zero-order valence-corrected chi connectivity index (χ0v) is 12.5. The van der Waals surface area contributed by atoms with Gasteiger partial charge in [-0.05, 0) is 31.8 Å². The van der Waals surface area contributed by atoms with Crippen molar-refractivity contribution in [3.63, 3.8) is 0 Å². The van der Waals surface area contributed by atoms with Crippen molar-refractivity contribution < 1.29 is 9.90 Å². The van der Waals surface area contributed by atoms with Crippen LogP contribution >= 0.6 is 11.3 Å². The average molecular weight is 282 g/mol. The van der Waals surface area contributed by atoms with Crippen LogP contribution in [0.2, 0.25) is 0 Å². The van der Waals surface area contributed by atoms with E-state index in [1.807, 2.05) is 13.8 Å². The fourth-order valence-corrected chi connectivity index (χ4v) is 3.51. The highest BCUT2D eigenvalue weighted by molar-refractivity contribution is 7.13. The molecule has 19 heavy (non-hydrogen) atoms. The Kier molecular flexibility index (Phi) is 4.93. The summed E-state index contributed by atoms with van der Waals surface area (Å²) in [5, 5.41) is 10.2. The molecule has 0 aromatic carbocycles. The second-order valence-electron chi connectivity index (χ2n) is 5.43. The number of aromatic carboxylic acids is 1. The third-order valence-electron chi connectivity index (χ3n) is 3.53.